The van der Waals surface area contributed by atoms with Gasteiger partial charge in [-0.15, -0.1) is 0 Å². The van der Waals surface area contributed by atoms with Crippen LogP contribution < -0.4 is 0 Å². The molecule has 0 saturated carbocycles. The molecule has 1 aliphatic rings. The first kappa shape index (κ1) is 24.3. The van der Waals surface area contributed by atoms with Gasteiger partial charge < -0.3 is 4.57 Å². The van der Waals surface area contributed by atoms with E-state index in [4.69, 9.17) is 0 Å². The number of nitriles is 1. The lowest BCUT2D eigenvalue weighted by molar-refractivity contribution is 0.666. The SMILES string of the molecule is CC1(C)c2ccccc2-c2ccc3c(c21)c1ccccc1n3-c1cccc(-c2cccc(-c3cncc(C#N)c3)c2)c1. The molecular weight excluding hydrogens is 510 g/mol. The van der Waals surface area contributed by atoms with Crippen molar-refractivity contribution in [3.8, 4) is 45.1 Å². The molecule has 198 valence electrons. The highest BCUT2D eigenvalue weighted by atomic mass is 15.0. The zero-order chi connectivity index (χ0) is 28.4. The van der Waals surface area contributed by atoms with E-state index < -0.39 is 0 Å². The van der Waals surface area contributed by atoms with Gasteiger partial charge in [0.2, 0.25) is 0 Å². The molecule has 3 heteroatoms. The Morgan fingerprint density at radius 2 is 1.38 bits per heavy atom. The van der Waals surface area contributed by atoms with Crippen LogP contribution in [0.2, 0.25) is 0 Å². The highest BCUT2D eigenvalue weighted by molar-refractivity contribution is 6.14. The number of fused-ring (bicyclic) bond motifs is 7. The number of rotatable bonds is 3. The molecule has 8 rings (SSSR count). The summed E-state index contributed by atoms with van der Waals surface area (Å²) in [5.74, 6) is 0. The molecule has 3 nitrogen and oxygen atoms in total. The second kappa shape index (κ2) is 9.03. The molecule has 0 amide bonds. The van der Waals surface area contributed by atoms with Gasteiger partial charge >= 0.3 is 0 Å². The Labute approximate surface area is 245 Å². The zero-order valence-electron chi connectivity index (χ0n) is 23.5. The standard InChI is InChI=1S/C39H27N3/c1-39(2)34-15-5-3-13-31(34)32-17-18-36-37(38(32)39)33-14-4-6-16-35(33)42(36)30-12-8-11-28(21-30)26-9-7-10-27(20-26)29-19-25(22-40)23-41-24-29/h3-21,23-24H,1-2H3. The average molecular weight is 538 g/mol. The fourth-order valence-corrected chi connectivity index (χ4v) is 6.97. The van der Waals surface area contributed by atoms with Gasteiger partial charge in [0.15, 0.2) is 0 Å². The van der Waals surface area contributed by atoms with Gasteiger partial charge in [0.1, 0.15) is 6.07 Å². The molecular formula is C39H27N3. The Balaban J connectivity index is 1.33. The molecule has 0 N–H and O–H groups in total. The molecule has 0 spiro atoms. The molecule has 0 bridgehead atoms. The van der Waals surface area contributed by atoms with Crippen molar-refractivity contribution in [2.75, 3.05) is 0 Å². The van der Waals surface area contributed by atoms with Gasteiger partial charge in [0, 0.05) is 39.8 Å². The molecule has 42 heavy (non-hydrogen) atoms. The average Bonchev–Trinajstić information content (AvgIpc) is 3.50. The monoisotopic (exact) mass is 537 g/mol. The van der Waals surface area contributed by atoms with Gasteiger partial charge in [-0.1, -0.05) is 92.7 Å². The third-order valence-electron chi connectivity index (χ3n) is 8.86. The zero-order valence-corrected chi connectivity index (χ0v) is 23.5. The van der Waals surface area contributed by atoms with E-state index >= 15 is 0 Å². The number of hydrogen-bond donors (Lipinski definition) is 0. The third kappa shape index (κ3) is 3.49. The third-order valence-corrected chi connectivity index (χ3v) is 8.86. The van der Waals surface area contributed by atoms with E-state index in [0.717, 1.165) is 27.9 Å². The largest absolute Gasteiger partial charge is 0.309 e. The van der Waals surface area contributed by atoms with Crippen LogP contribution in [0.1, 0.15) is 30.5 Å². The Morgan fingerprint density at radius 3 is 2.24 bits per heavy atom. The van der Waals surface area contributed by atoms with Crippen molar-refractivity contribution in [2.24, 2.45) is 0 Å². The van der Waals surface area contributed by atoms with Crippen LogP contribution in [0.4, 0.5) is 0 Å². The van der Waals surface area contributed by atoms with E-state index in [1.165, 1.54) is 44.1 Å². The summed E-state index contributed by atoms with van der Waals surface area (Å²) in [6, 6.07) is 43.6. The highest BCUT2D eigenvalue weighted by Gasteiger charge is 2.37. The summed E-state index contributed by atoms with van der Waals surface area (Å²) in [7, 11) is 0. The number of pyridine rings is 1. The van der Waals surface area contributed by atoms with E-state index in [1.54, 1.807) is 6.20 Å². The van der Waals surface area contributed by atoms with Crippen molar-refractivity contribution in [3.05, 3.63) is 144 Å². The lowest BCUT2D eigenvalue weighted by Crippen LogP contribution is -2.15. The second-order valence-corrected chi connectivity index (χ2v) is 11.6. The van der Waals surface area contributed by atoms with E-state index in [1.807, 2.05) is 12.3 Å². The van der Waals surface area contributed by atoms with Crippen LogP contribution in [-0.2, 0) is 5.41 Å². The predicted octanol–water partition coefficient (Wildman–Crippen LogP) is 9.69. The van der Waals surface area contributed by atoms with Crippen molar-refractivity contribution >= 4 is 21.8 Å². The summed E-state index contributed by atoms with van der Waals surface area (Å²) in [4.78, 5) is 4.26. The van der Waals surface area contributed by atoms with E-state index in [9.17, 15) is 5.26 Å². The predicted molar refractivity (Wildman–Crippen MR) is 172 cm³/mol. The lowest BCUT2D eigenvalue weighted by atomic mass is 9.80. The minimum atomic E-state index is -0.0968. The summed E-state index contributed by atoms with van der Waals surface area (Å²) in [5.41, 5.74) is 13.7. The minimum absolute atomic E-state index is 0.0968. The van der Waals surface area contributed by atoms with Crippen LogP contribution in [0.3, 0.4) is 0 Å². The molecule has 5 aromatic carbocycles. The molecule has 7 aromatic rings. The molecule has 0 atom stereocenters. The van der Waals surface area contributed by atoms with Gasteiger partial charge in [-0.25, -0.2) is 0 Å². The summed E-state index contributed by atoms with van der Waals surface area (Å²) in [6.07, 6.45) is 3.41. The van der Waals surface area contributed by atoms with Crippen LogP contribution in [0, 0.1) is 11.3 Å². The first-order valence-electron chi connectivity index (χ1n) is 14.3. The Hall–Kier alpha value is -5.46. The molecule has 0 aliphatic heterocycles. The normalized spacial score (nSPS) is 13.2. The fourth-order valence-electron chi connectivity index (χ4n) is 6.97. The maximum atomic E-state index is 9.35. The molecule has 2 heterocycles. The summed E-state index contributed by atoms with van der Waals surface area (Å²) in [5, 5.41) is 12.0. The highest BCUT2D eigenvalue weighted by Crippen LogP contribution is 2.53. The van der Waals surface area contributed by atoms with Crippen molar-refractivity contribution in [2.45, 2.75) is 19.3 Å². The number of benzene rings is 5. The van der Waals surface area contributed by atoms with Crippen LogP contribution in [0.5, 0.6) is 0 Å². The van der Waals surface area contributed by atoms with Gasteiger partial charge in [0.05, 0.1) is 16.6 Å². The Kier molecular flexibility index (Phi) is 5.23. The fraction of sp³-hybridized carbons (Fsp3) is 0.0769. The maximum Gasteiger partial charge on any atom is 0.101 e. The summed E-state index contributed by atoms with van der Waals surface area (Å²) < 4.78 is 2.41. The van der Waals surface area contributed by atoms with E-state index in [2.05, 4.69) is 139 Å². The molecule has 0 saturated heterocycles. The molecule has 1 aliphatic carbocycles. The molecule has 0 unspecified atom stereocenters. The summed E-state index contributed by atoms with van der Waals surface area (Å²) >= 11 is 0. The van der Waals surface area contributed by atoms with Crippen molar-refractivity contribution in [1.29, 1.82) is 5.26 Å². The van der Waals surface area contributed by atoms with Crippen molar-refractivity contribution in [3.63, 3.8) is 0 Å². The molecule has 2 aromatic heterocycles. The first-order valence-corrected chi connectivity index (χ1v) is 14.3. The van der Waals surface area contributed by atoms with Crippen LogP contribution >= 0.6 is 0 Å². The molecule has 0 radical (unpaired) electrons. The van der Waals surface area contributed by atoms with Gasteiger partial charge in [-0.3, -0.25) is 4.98 Å². The Bertz CT molecular complexity index is 2240. The van der Waals surface area contributed by atoms with Crippen molar-refractivity contribution in [1.82, 2.24) is 9.55 Å². The van der Waals surface area contributed by atoms with E-state index in [0.29, 0.717) is 5.56 Å². The smallest absolute Gasteiger partial charge is 0.101 e. The number of aromatic nitrogens is 2. The Morgan fingerprint density at radius 1 is 0.643 bits per heavy atom. The lowest BCUT2D eigenvalue weighted by Gasteiger charge is -2.22. The topological polar surface area (TPSA) is 41.6 Å². The maximum absolute atomic E-state index is 9.35. The molecule has 0 fully saturated rings. The number of hydrogen-bond acceptors (Lipinski definition) is 2. The first-order chi connectivity index (χ1) is 20.5. The van der Waals surface area contributed by atoms with Crippen molar-refractivity contribution < 1.29 is 0 Å². The number of nitrogens with zero attached hydrogens (tertiary/aromatic N) is 3. The minimum Gasteiger partial charge on any atom is -0.309 e. The van der Waals surface area contributed by atoms with Gasteiger partial charge in [-0.2, -0.15) is 5.26 Å². The number of para-hydroxylation sites is 1. The van der Waals surface area contributed by atoms with Gasteiger partial charge in [-0.05, 0) is 75.3 Å². The van der Waals surface area contributed by atoms with Crippen LogP contribution in [-0.4, -0.2) is 9.55 Å². The van der Waals surface area contributed by atoms with Crippen LogP contribution in [0.25, 0.3) is 60.9 Å². The van der Waals surface area contributed by atoms with E-state index in [-0.39, 0.29) is 5.41 Å². The van der Waals surface area contributed by atoms with Crippen LogP contribution in [0.15, 0.2) is 128 Å². The summed E-state index contributed by atoms with van der Waals surface area (Å²) in [6.45, 7) is 4.72. The second-order valence-electron chi connectivity index (χ2n) is 11.6. The van der Waals surface area contributed by atoms with Gasteiger partial charge in [0.25, 0.3) is 0 Å². The quantitative estimate of drug-likeness (QED) is 0.225.